The van der Waals surface area contributed by atoms with Crippen molar-refractivity contribution in [2.45, 2.75) is 19.4 Å². The van der Waals surface area contributed by atoms with Gasteiger partial charge in [0.2, 0.25) is 5.91 Å². The molecule has 0 fully saturated rings. The SMILES string of the molecule is COC(=O)Cn1c(=NC(=O)CSCC(=O)N2CCCc3ccccc32)sc2cc(C(=O)OC)ccc21. The van der Waals surface area contributed by atoms with Crippen LogP contribution in [0.1, 0.15) is 22.3 Å². The zero-order valence-electron chi connectivity index (χ0n) is 19.9. The fraction of sp³-hybridized carbons (Fsp3) is 0.320. The Morgan fingerprint density at radius 2 is 1.86 bits per heavy atom. The Morgan fingerprint density at radius 1 is 1.06 bits per heavy atom. The van der Waals surface area contributed by atoms with E-state index in [-0.39, 0.29) is 24.0 Å². The number of thiazole rings is 1. The lowest BCUT2D eigenvalue weighted by molar-refractivity contribution is -0.141. The van der Waals surface area contributed by atoms with E-state index in [9.17, 15) is 19.2 Å². The summed E-state index contributed by atoms with van der Waals surface area (Å²) < 4.78 is 11.8. The van der Waals surface area contributed by atoms with Gasteiger partial charge in [0.25, 0.3) is 5.91 Å². The Morgan fingerprint density at radius 3 is 2.64 bits per heavy atom. The summed E-state index contributed by atoms with van der Waals surface area (Å²) in [5.74, 6) is -1.28. The molecule has 0 N–H and O–H groups in total. The molecule has 2 heterocycles. The van der Waals surface area contributed by atoms with Crippen LogP contribution in [0.5, 0.6) is 0 Å². The van der Waals surface area contributed by atoms with E-state index in [1.807, 2.05) is 24.3 Å². The Bertz CT molecular complexity index is 1390. The third kappa shape index (κ3) is 5.68. The molecule has 0 atom stereocenters. The molecule has 0 saturated heterocycles. The van der Waals surface area contributed by atoms with Crippen molar-refractivity contribution < 1.29 is 28.7 Å². The summed E-state index contributed by atoms with van der Waals surface area (Å²) in [4.78, 5) is 55.6. The maximum atomic E-state index is 12.8. The van der Waals surface area contributed by atoms with Gasteiger partial charge in [-0.25, -0.2) is 4.79 Å². The van der Waals surface area contributed by atoms with Crippen molar-refractivity contribution in [1.82, 2.24) is 4.57 Å². The maximum absolute atomic E-state index is 12.8. The van der Waals surface area contributed by atoms with Gasteiger partial charge in [-0.05, 0) is 42.7 Å². The van der Waals surface area contributed by atoms with Crippen LogP contribution in [0.3, 0.4) is 0 Å². The molecule has 2 aromatic carbocycles. The van der Waals surface area contributed by atoms with Gasteiger partial charge in [-0.3, -0.25) is 14.4 Å². The van der Waals surface area contributed by atoms with Gasteiger partial charge in [0.15, 0.2) is 4.80 Å². The maximum Gasteiger partial charge on any atom is 0.337 e. The molecule has 3 aromatic rings. The van der Waals surface area contributed by atoms with Crippen LogP contribution in [0.4, 0.5) is 5.69 Å². The molecule has 188 valence electrons. The van der Waals surface area contributed by atoms with E-state index < -0.39 is 17.8 Å². The number of aryl methyl sites for hydroxylation is 1. The fourth-order valence-electron chi connectivity index (χ4n) is 3.98. The molecule has 1 aromatic heterocycles. The van der Waals surface area contributed by atoms with Gasteiger partial charge >= 0.3 is 11.9 Å². The third-order valence-corrected chi connectivity index (χ3v) is 7.64. The molecule has 4 rings (SSSR count). The normalized spacial score (nSPS) is 13.4. The number of hydrogen-bond donors (Lipinski definition) is 0. The monoisotopic (exact) mass is 527 g/mol. The van der Waals surface area contributed by atoms with E-state index in [1.165, 1.54) is 37.3 Å². The second-order valence-electron chi connectivity index (χ2n) is 8.00. The number of anilines is 1. The lowest BCUT2D eigenvalue weighted by atomic mass is 10.0. The van der Waals surface area contributed by atoms with Crippen molar-refractivity contribution in [1.29, 1.82) is 0 Å². The number of fused-ring (bicyclic) bond motifs is 2. The molecule has 0 spiro atoms. The van der Waals surface area contributed by atoms with Gasteiger partial charge in [0, 0.05) is 12.2 Å². The number of thioether (sulfide) groups is 1. The summed E-state index contributed by atoms with van der Waals surface area (Å²) in [6.07, 6.45) is 1.86. The number of benzene rings is 2. The second-order valence-corrected chi connectivity index (χ2v) is 9.99. The summed E-state index contributed by atoms with van der Waals surface area (Å²) in [7, 11) is 2.58. The third-order valence-electron chi connectivity index (χ3n) is 5.70. The van der Waals surface area contributed by atoms with E-state index in [0.29, 0.717) is 27.1 Å². The van der Waals surface area contributed by atoms with Gasteiger partial charge in [0.1, 0.15) is 6.54 Å². The summed E-state index contributed by atoms with van der Waals surface area (Å²) >= 11 is 2.38. The minimum atomic E-state index is -0.498. The number of ether oxygens (including phenoxy) is 2. The zero-order chi connectivity index (χ0) is 25.7. The fourth-order valence-corrected chi connectivity index (χ4v) is 5.74. The molecule has 0 bridgehead atoms. The number of carbonyl (C=O) groups excluding carboxylic acids is 4. The van der Waals surface area contributed by atoms with Crippen molar-refractivity contribution in [3.8, 4) is 0 Å². The Labute approximate surface area is 215 Å². The standard InChI is InChI=1S/C25H25N3O6S2/c1-33-23(31)13-28-19-10-9-17(24(32)34-2)12-20(19)36-25(28)26-21(29)14-35-15-22(30)27-11-5-7-16-6-3-4-8-18(16)27/h3-4,6,8-10,12H,5,7,11,13-15H2,1-2H3. The highest BCUT2D eigenvalue weighted by atomic mass is 32.2. The molecule has 2 amide bonds. The van der Waals surface area contributed by atoms with Gasteiger partial charge in [-0.1, -0.05) is 29.5 Å². The molecule has 36 heavy (non-hydrogen) atoms. The van der Waals surface area contributed by atoms with Gasteiger partial charge in [0.05, 0.1) is 41.5 Å². The number of carbonyl (C=O) groups is 4. The molecule has 0 aliphatic carbocycles. The molecule has 1 aliphatic heterocycles. The van der Waals surface area contributed by atoms with Gasteiger partial charge < -0.3 is 18.9 Å². The lowest BCUT2D eigenvalue weighted by Crippen LogP contribution is -2.36. The zero-order valence-corrected chi connectivity index (χ0v) is 21.5. The molecule has 9 nitrogen and oxygen atoms in total. The second kappa shape index (κ2) is 11.5. The average molecular weight is 528 g/mol. The summed E-state index contributed by atoms with van der Waals surface area (Å²) in [5, 5.41) is 0. The van der Waals surface area contributed by atoms with Crippen molar-refractivity contribution in [2.75, 3.05) is 37.2 Å². The molecule has 0 unspecified atom stereocenters. The number of esters is 2. The van der Waals surface area contributed by atoms with Gasteiger partial charge in [-0.2, -0.15) is 4.99 Å². The first-order valence-electron chi connectivity index (χ1n) is 11.2. The predicted molar refractivity (Wildman–Crippen MR) is 138 cm³/mol. The molecular weight excluding hydrogens is 502 g/mol. The van der Waals surface area contributed by atoms with E-state index in [2.05, 4.69) is 4.99 Å². The summed E-state index contributed by atoms with van der Waals surface area (Å²) in [5.41, 5.74) is 3.08. The van der Waals surface area contributed by atoms with Crippen LogP contribution in [0.2, 0.25) is 0 Å². The number of para-hydroxylation sites is 1. The van der Waals surface area contributed by atoms with Crippen LogP contribution in [0.15, 0.2) is 47.5 Å². The van der Waals surface area contributed by atoms with Crippen molar-refractivity contribution >= 4 is 62.8 Å². The van der Waals surface area contributed by atoms with Crippen molar-refractivity contribution in [3.63, 3.8) is 0 Å². The van der Waals surface area contributed by atoms with E-state index in [4.69, 9.17) is 9.47 Å². The van der Waals surface area contributed by atoms with E-state index >= 15 is 0 Å². The van der Waals surface area contributed by atoms with E-state index in [1.54, 1.807) is 27.7 Å². The number of nitrogens with zero attached hydrogens (tertiary/aromatic N) is 3. The van der Waals surface area contributed by atoms with Gasteiger partial charge in [-0.15, -0.1) is 11.8 Å². The smallest absolute Gasteiger partial charge is 0.337 e. The van der Waals surface area contributed by atoms with Crippen LogP contribution >= 0.6 is 23.1 Å². The highest BCUT2D eigenvalue weighted by molar-refractivity contribution is 8.00. The Balaban J connectivity index is 1.49. The molecule has 1 aliphatic rings. The van der Waals surface area contributed by atoms with Crippen LogP contribution in [-0.4, -0.2) is 60.6 Å². The van der Waals surface area contributed by atoms with Crippen molar-refractivity contribution in [2.24, 2.45) is 4.99 Å². The first kappa shape index (κ1) is 25.6. The number of rotatable bonds is 7. The van der Waals surface area contributed by atoms with Crippen LogP contribution in [0, 0.1) is 0 Å². The lowest BCUT2D eigenvalue weighted by Gasteiger charge is -2.29. The predicted octanol–water partition coefficient (Wildman–Crippen LogP) is 2.80. The first-order valence-corrected chi connectivity index (χ1v) is 13.2. The van der Waals surface area contributed by atoms with Crippen LogP contribution in [0.25, 0.3) is 10.2 Å². The highest BCUT2D eigenvalue weighted by Gasteiger charge is 2.22. The minimum Gasteiger partial charge on any atom is -0.468 e. The molecule has 11 heteroatoms. The number of methoxy groups -OCH3 is 2. The van der Waals surface area contributed by atoms with Crippen LogP contribution in [-0.2, 0) is 36.8 Å². The summed E-state index contributed by atoms with van der Waals surface area (Å²) in [6.45, 7) is 0.526. The highest BCUT2D eigenvalue weighted by Crippen LogP contribution is 2.27. The number of hydrogen-bond acceptors (Lipinski definition) is 8. The van der Waals surface area contributed by atoms with E-state index in [0.717, 1.165) is 24.1 Å². The van der Waals surface area contributed by atoms with Crippen molar-refractivity contribution in [3.05, 3.63) is 58.4 Å². The quantitative estimate of drug-likeness (QED) is 0.435. The molecular formula is C25H25N3O6S2. The molecule has 0 radical (unpaired) electrons. The number of amides is 2. The molecule has 0 saturated carbocycles. The summed E-state index contributed by atoms with van der Waals surface area (Å²) in [6, 6.07) is 12.8. The average Bonchev–Trinajstić information content (AvgIpc) is 3.23. The Hall–Kier alpha value is -3.44. The minimum absolute atomic E-state index is 0.0150. The Kier molecular flexibility index (Phi) is 8.21. The number of aromatic nitrogens is 1. The first-order chi connectivity index (χ1) is 17.4. The topological polar surface area (TPSA) is 107 Å². The largest absolute Gasteiger partial charge is 0.468 e. The van der Waals surface area contributed by atoms with Crippen LogP contribution < -0.4 is 9.70 Å².